The highest BCUT2D eigenvalue weighted by Gasteiger charge is 2.16. The number of halogens is 1. The van der Waals surface area contributed by atoms with E-state index in [1.165, 1.54) is 6.07 Å². The van der Waals surface area contributed by atoms with Crippen LogP contribution in [0.1, 0.15) is 15.9 Å². The van der Waals surface area contributed by atoms with Gasteiger partial charge in [-0.15, -0.1) is 0 Å². The number of hydrogen-bond donors (Lipinski definition) is 3. The summed E-state index contributed by atoms with van der Waals surface area (Å²) in [7, 11) is 0. The largest absolute Gasteiger partial charge is 0.361 e. The third-order valence-corrected chi connectivity index (χ3v) is 4.06. The molecule has 3 N–H and O–H groups in total. The van der Waals surface area contributed by atoms with Crippen molar-refractivity contribution in [2.75, 3.05) is 0 Å². The summed E-state index contributed by atoms with van der Waals surface area (Å²) in [6.45, 7) is 0. The highest BCUT2D eigenvalue weighted by molar-refractivity contribution is 6.34. The van der Waals surface area contributed by atoms with Crippen LogP contribution in [-0.2, 0) is 11.2 Å². The fraction of sp³-hybridized carbons (Fsp3) is 0.0588. The van der Waals surface area contributed by atoms with Crippen molar-refractivity contribution in [3.8, 4) is 0 Å². The van der Waals surface area contributed by atoms with E-state index in [2.05, 4.69) is 15.8 Å². The molecule has 1 aromatic heterocycles. The van der Waals surface area contributed by atoms with Gasteiger partial charge in [-0.3, -0.25) is 30.6 Å². The van der Waals surface area contributed by atoms with Crippen LogP contribution in [0.2, 0.25) is 5.02 Å². The summed E-state index contributed by atoms with van der Waals surface area (Å²) >= 11 is 5.88. The van der Waals surface area contributed by atoms with Gasteiger partial charge >= 0.3 is 0 Å². The van der Waals surface area contributed by atoms with Crippen molar-refractivity contribution in [3.63, 3.8) is 0 Å². The maximum absolute atomic E-state index is 12.1. The van der Waals surface area contributed by atoms with Gasteiger partial charge in [-0.25, -0.2) is 0 Å². The molecular weight excluding hydrogens is 360 g/mol. The van der Waals surface area contributed by atoms with Crippen LogP contribution in [0.3, 0.4) is 0 Å². The number of aromatic nitrogens is 1. The topological polar surface area (TPSA) is 117 Å². The van der Waals surface area contributed by atoms with Crippen molar-refractivity contribution in [3.05, 3.63) is 74.9 Å². The molecule has 8 nitrogen and oxygen atoms in total. The number of aromatic amines is 1. The molecule has 3 aromatic rings. The number of carbonyl (C=O) groups excluding carboxylic acids is 2. The minimum atomic E-state index is -0.669. The Kier molecular flexibility index (Phi) is 4.85. The van der Waals surface area contributed by atoms with Crippen LogP contribution in [0.5, 0.6) is 0 Å². The second-order valence-electron chi connectivity index (χ2n) is 5.46. The summed E-state index contributed by atoms with van der Waals surface area (Å²) in [6, 6.07) is 11.0. The van der Waals surface area contributed by atoms with E-state index in [0.29, 0.717) is 0 Å². The summed E-state index contributed by atoms with van der Waals surface area (Å²) in [6.07, 6.45) is 1.80. The van der Waals surface area contributed by atoms with Crippen LogP contribution < -0.4 is 10.9 Å². The predicted octanol–water partition coefficient (Wildman–Crippen LogP) is 2.73. The fourth-order valence-corrected chi connectivity index (χ4v) is 2.75. The molecule has 0 saturated carbocycles. The van der Waals surface area contributed by atoms with E-state index in [1.54, 1.807) is 6.20 Å². The van der Waals surface area contributed by atoms with Crippen LogP contribution in [0.15, 0.2) is 48.7 Å². The lowest BCUT2D eigenvalue weighted by atomic mass is 10.1. The van der Waals surface area contributed by atoms with Gasteiger partial charge in [-0.1, -0.05) is 29.8 Å². The number of nitro groups is 1. The van der Waals surface area contributed by atoms with Crippen molar-refractivity contribution in [1.29, 1.82) is 0 Å². The molecule has 0 atom stereocenters. The zero-order chi connectivity index (χ0) is 18.7. The van der Waals surface area contributed by atoms with Crippen molar-refractivity contribution in [2.45, 2.75) is 6.42 Å². The second-order valence-corrected chi connectivity index (χ2v) is 5.87. The molecule has 0 bridgehead atoms. The number of nitrogens with zero attached hydrogens (tertiary/aromatic N) is 1. The lowest BCUT2D eigenvalue weighted by molar-refractivity contribution is -0.384. The first-order chi connectivity index (χ1) is 12.5. The van der Waals surface area contributed by atoms with Gasteiger partial charge in [-0.05, 0) is 17.7 Å². The van der Waals surface area contributed by atoms with Crippen LogP contribution in [0.25, 0.3) is 10.9 Å². The molecule has 0 aliphatic carbocycles. The van der Waals surface area contributed by atoms with Gasteiger partial charge in [0.05, 0.1) is 21.9 Å². The Balaban J connectivity index is 1.62. The summed E-state index contributed by atoms with van der Waals surface area (Å²) in [5.74, 6) is -1.08. The molecule has 0 aliphatic rings. The zero-order valence-corrected chi connectivity index (χ0v) is 14.0. The van der Waals surface area contributed by atoms with E-state index < -0.39 is 16.7 Å². The van der Waals surface area contributed by atoms with E-state index >= 15 is 0 Å². The van der Waals surface area contributed by atoms with Gasteiger partial charge in [0.15, 0.2) is 0 Å². The number of nitro benzene ring substituents is 1. The second kappa shape index (κ2) is 7.24. The number of H-pyrrole nitrogens is 1. The molecule has 132 valence electrons. The van der Waals surface area contributed by atoms with Gasteiger partial charge in [-0.2, -0.15) is 0 Å². The summed E-state index contributed by atoms with van der Waals surface area (Å²) < 4.78 is 0. The Morgan fingerprint density at radius 2 is 1.92 bits per heavy atom. The monoisotopic (exact) mass is 372 g/mol. The molecular formula is C17H13ClN4O4. The normalized spacial score (nSPS) is 10.5. The Hall–Kier alpha value is -3.39. The molecule has 2 amide bonds. The minimum absolute atomic E-state index is 0.0182. The Morgan fingerprint density at radius 1 is 1.15 bits per heavy atom. The van der Waals surface area contributed by atoms with E-state index in [1.807, 2.05) is 24.3 Å². The zero-order valence-electron chi connectivity index (χ0n) is 13.3. The van der Waals surface area contributed by atoms with E-state index in [0.717, 1.165) is 28.6 Å². The molecule has 0 radical (unpaired) electrons. The van der Waals surface area contributed by atoms with Crippen molar-refractivity contribution in [2.24, 2.45) is 0 Å². The average molecular weight is 373 g/mol. The molecule has 1 heterocycles. The molecule has 0 spiro atoms. The smallest absolute Gasteiger partial charge is 0.271 e. The third kappa shape index (κ3) is 3.65. The number of fused-ring (bicyclic) bond motifs is 1. The highest BCUT2D eigenvalue weighted by atomic mass is 35.5. The number of rotatable bonds is 4. The lowest BCUT2D eigenvalue weighted by Crippen LogP contribution is -2.42. The fourth-order valence-electron chi connectivity index (χ4n) is 2.49. The van der Waals surface area contributed by atoms with Gasteiger partial charge in [0.1, 0.15) is 0 Å². The number of hydrazine groups is 1. The first kappa shape index (κ1) is 17.4. The van der Waals surface area contributed by atoms with Crippen molar-refractivity contribution < 1.29 is 14.5 Å². The lowest BCUT2D eigenvalue weighted by Gasteiger charge is -2.08. The van der Waals surface area contributed by atoms with Crippen LogP contribution in [-0.4, -0.2) is 21.7 Å². The number of carbonyl (C=O) groups is 2. The Morgan fingerprint density at radius 3 is 2.65 bits per heavy atom. The average Bonchev–Trinajstić information content (AvgIpc) is 3.02. The third-order valence-electron chi connectivity index (χ3n) is 3.75. The first-order valence-corrected chi connectivity index (χ1v) is 7.91. The van der Waals surface area contributed by atoms with Crippen molar-refractivity contribution in [1.82, 2.24) is 15.8 Å². The molecule has 0 unspecified atom stereocenters. The Labute approximate surface area is 152 Å². The molecule has 2 aromatic carbocycles. The Bertz CT molecular complexity index is 1010. The number of hydrogen-bond acceptors (Lipinski definition) is 4. The molecule has 9 heteroatoms. The maximum atomic E-state index is 12.1. The van der Waals surface area contributed by atoms with Gasteiger partial charge in [0.2, 0.25) is 5.91 Å². The SMILES string of the molecule is O=C(Cc1c[nH]c2ccccc12)NNC(=O)c1ccc([N+](=O)[O-])cc1Cl. The number of nitrogens with one attached hydrogen (secondary N) is 3. The predicted molar refractivity (Wildman–Crippen MR) is 95.7 cm³/mol. The number of amides is 2. The van der Waals surface area contributed by atoms with Crippen molar-refractivity contribution >= 4 is 40.0 Å². The first-order valence-electron chi connectivity index (χ1n) is 7.54. The van der Waals surface area contributed by atoms with E-state index in [4.69, 9.17) is 11.6 Å². The van der Waals surface area contributed by atoms with Crippen LogP contribution >= 0.6 is 11.6 Å². The van der Waals surface area contributed by atoms with Crippen LogP contribution in [0.4, 0.5) is 5.69 Å². The van der Waals surface area contributed by atoms with Crippen LogP contribution in [0, 0.1) is 10.1 Å². The number of non-ortho nitro benzene ring substituents is 1. The van der Waals surface area contributed by atoms with Gasteiger partial charge < -0.3 is 4.98 Å². The number of benzene rings is 2. The molecule has 0 fully saturated rings. The molecule has 3 rings (SSSR count). The number of para-hydroxylation sites is 1. The summed E-state index contributed by atoms with van der Waals surface area (Å²) in [4.78, 5) is 37.3. The standard InChI is InChI=1S/C17H13ClN4O4/c18-14-8-11(22(25)26)5-6-13(14)17(24)21-20-16(23)7-10-9-19-15-4-2-1-3-12(10)15/h1-6,8-9,19H,7H2,(H,20,23)(H,21,24). The quantitative estimate of drug-likeness (QED) is 0.482. The maximum Gasteiger partial charge on any atom is 0.271 e. The summed E-state index contributed by atoms with van der Waals surface area (Å²) in [5.41, 5.74) is 6.05. The molecule has 26 heavy (non-hydrogen) atoms. The van der Waals surface area contributed by atoms with Gasteiger partial charge in [0, 0.05) is 29.2 Å². The van der Waals surface area contributed by atoms with E-state index in [-0.39, 0.29) is 22.7 Å². The summed E-state index contributed by atoms with van der Waals surface area (Å²) in [5, 5.41) is 11.5. The minimum Gasteiger partial charge on any atom is -0.361 e. The van der Waals surface area contributed by atoms with E-state index in [9.17, 15) is 19.7 Å². The highest BCUT2D eigenvalue weighted by Crippen LogP contribution is 2.22. The van der Waals surface area contributed by atoms with Gasteiger partial charge in [0.25, 0.3) is 11.6 Å². The molecule has 0 aliphatic heterocycles. The molecule has 0 saturated heterocycles.